The first-order chi connectivity index (χ1) is 9.66. The summed E-state index contributed by atoms with van der Waals surface area (Å²) in [6.07, 6.45) is 7.52. The number of unbranched alkanes of at least 4 members (excludes halogenated alkanes) is 1. The molecule has 1 heterocycles. The highest BCUT2D eigenvalue weighted by Crippen LogP contribution is 2.17. The monoisotopic (exact) mass is 274 g/mol. The highest BCUT2D eigenvalue weighted by molar-refractivity contribution is 5.94. The minimum atomic E-state index is -1.01. The second-order valence-electron chi connectivity index (χ2n) is 4.54. The normalized spacial score (nSPS) is 10.4. The molecule has 0 aliphatic carbocycles. The molecule has 106 valence electrons. The number of hydrogen-bond acceptors (Lipinski definition) is 4. The van der Waals surface area contributed by atoms with Crippen LogP contribution in [0.4, 0.5) is 11.4 Å². The van der Waals surface area contributed by atoms with Gasteiger partial charge in [-0.25, -0.2) is 9.78 Å². The predicted molar refractivity (Wildman–Crippen MR) is 77.8 cm³/mol. The van der Waals surface area contributed by atoms with Gasteiger partial charge in [0.1, 0.15) is 0 Å². The number of aromatic carboxylic acids is 1. The number of aryl methyl sites for hydroxylation is 1. The van der Waals surface area contributed by atoms with Crippen molar-refractivity contribution in [2.24, 2.45) is 0 Å². The van der Waals surface area contributed by atoms with Crippen LogP contribution in [0, 0.1) is 0 Å². The van der Waals surface area contributed by atoms with E-state index in [4.69, 9.17) is 10.8 Å². The van der Waals surface area contributed by atoms with Crippen molar-refractivity contribution in [2.45, 2.75) is 19.4 Å². The molecule has 20 heavy (non-hydrogen) atoms. The summed E-state index contributed by atoms with van der Waals surface area (Å²) >= 11 is 0. The van der Waals surface area contributed by atoms with Crippen LogP contribution in [-0.4, -0.2) is 27.2 Å². The maximum atomic E-state index is 11.0. The van der Waals surface area contributed by atoms with Gasteiger partial charge in [0.05, 0.1) is 11.9 Å². The Kier molecular flexibility index (Phi) is 4.60. The summed E-state index contributed by atoms with van der Waals surface area (Å²) in [5.74, 6) is -1.01. The van der Waals surface area contributed by atoms with Gasteiger partial charge in [-0.05, 0) is 31.0 Å². The Morgan fingerprint density at radius 3 is 2.95 bits per heavy atom. The SMILES string of the molecule is Nc1ccc(NCCCCn2ccnc2)cc1C(=O)O. The highest BCUT2D eigenvalue weighted by atomic mass is 16.4. The third kappa shape index (κ3) is 3.74. The van der Waals surface area contributed by atoms with Crippen molar-refractivity contribution >= 4 is 17.3 Å². The van der Waals surface area contributed by atoms with Crippen LogP contribution in [0.15, 0.2) is 36.9 Å². The molecule has 0 saturated heterocycles. The zero-order valence-corrected chi connectivity index (χ0v) is 11.1. The highest BCUT2D eigenvalue weighted by Gasteiger charge is 2.08. The minimum absolute atomic E-state index is 0.133. The van der Waals surface area contributed by atoms with Crippen LogP contribution in [0.2, 0.25) is 0 Å². The molecule has 0 aliphatic rings. The van der Waals surface area contributed by atoms with E-state index >= 15 is 0 Å². The van der Waals surface area contributed by atoms with Gasteiger partial charge in [0.15, 0.2) is 0 Å². The molecule has 1 aromatic carbocycles. The number of carbonyl (C=O) groups is 1. The molecular weight excluding hydrogens is 256 g/mol. The average molecular weight is 274 g/mol. The summed E-state index contributed by atoms with van der Waals surface area (Å²) in [5, 5.41) is 12.2. The molecule has 0 fully saturated rings. The van der Waals surface area contributed by atoms with Gasteiger partial charge in [0.2, 0.25) is 0 Å². The van der Waals surface area contributed by atoms with Crippen molar-refractivity contribution in [3.8, 4) is 0 Å². The van der Waals surface area contributed by atoms with Crippen molar-refractivity contribution in [1.29, 1.82) is 0 Å². The maximum absolute atomic E-state index is 11.0. The van der Waals surface area contributed by atoms with Gasteiger partial charge >= 0.3 is 5.97 Å². The Hall–Kier alpha value is -2.50. The van der Waals surface area contributed by atoms with Crippen LogP contribution in [0.1, 0.15) is 23.2 Å². The lowest BCUT2D eigenvalue weighted by atomic mass is 10.1. The van der Waals surface area contributed by atoms with E-state index in [0.29, 0.717) is 0 Å². The number of nitrogens with one attached hydrogen (secondary N) is 1. The van der Waals surface area contributed by atoms with Gasteiger partial charge < -0.3 is 20.7 Å². The van der Waals surface area contributed by atoms with Crippen LogP contribution in [-0.2, 0) is 6.54 Å². The lowest BCUT2D eigenvalue weighted by Crippen LogP contribution is -2.07. The van der Waals surface area contributed by atoms with Crippen LogP contribution in [0.3, 0.4) is 0 Å². The first-order valence-corrected chi connectivity index (χ1v) is 6.49. The molecule has 6 nitrogen and oxygen atoms in total. The fraction of sp³-hybridized carbons (Fsp3) is 0.286. The molecule has 6 heteroatoms. The summed E-state index contributed by atoms with van der Waals surface area (Å²) in [6, 6.07) is 4.96. The molecule has 0 amide bonds. The van der Waals surface area contributed by atoms with Crippen LogP contribution >= 0.6 is 0 Å². The number of nitrogen functional groups attached to an aromatic ring is 1. The zero-order valence-electron chi connectivity index (χ0n) is 11.1. The minimum Gasteiger partial charge on any atom is -0.478 e. The fourth-order valence-electron chi connectivity index (χ4n) is 1.92. The number of hydrogen-bond donors (Lipinski definition) is 3. The van der Waals surface area contributed by atoms with Crippen LogP contribution in [0.25, 0.3) is 0 Å². The van der Waals surface area contributed by atoms with E-state index in [1.807, 2.05) is 10.8 Å². The molecule has 0 saturated carbocycles. The number of anilines is 2. The van der Waals surface area contributed by atoms with Gasteiger partial charge in [0, 0.05) is 36.9 Å². The van der Waals surface area contributed by atoms with Gasteiger partial charge in [-0.15, -0.1) is 0 Å². The second-order valence-corrected chi connectivity index (χ2v) is 4.54. The largest absolute Gasteiger partial charge is 0.478 e. The van der Waals surface area contributed by atoms with Gasteiger partial charge in [-0.2, -0.15) is 0 Å². The third-order valence-electron chi connectivity index (χ3n) is 3.02. The summed E-state index contributed by atoms with van der Waals surface area (Å²) in [4.78, 5) is 14.9. The molecule has 0 bridgehead atoms. The number of nitrogens with zero attached hydrogens (tertiary/aromatic N) is 2. The van der Waals surface area contributed by atoms with Gasteiger partial charge in [-0.1, -0.05) is 0 Å². The quantitative estimate of drug-likeness (QED) is 0.531. The van der Waals surface area contributed by atoms with Crippen LogP contribution in [0.5, 0.6) is 0 Å². The maximum Gasteiger partial charge on any atom is 0.337 e. The lowest BCUT2D eigenvalue weighted by Gasteiger charge is -2.09. The average Bonchev–Trinajstić information content (AvgIpc) is 2.93. The predicted octanol–water partition coefficient (Wildman–Crippen LogP) is 2.06. The van der Waals surface area contributed by atoms with Crippen molar-refractivity contribution in [1.82, 2.24) is 9.55 Å². The number of rotatable bonds is 7. The van der Waals surface area contributed by atoms with Crippen molar-refractivity contribution in [3.63, 3.8) is 0 Å². The van der Waals surface area contributed by atoms with Crippen molar-refractivity contribution < 1.29 is 9.90 Å². The zero-order chi connectivity index (χ0) is 14.4. The lowest BCUT2D eigenvalue weighted by molar-refractivity contribution is 0.0698. The fourth-order valence-corrected chi connectivity index (χ4v) is 1.92. The first-order valence-electron chi connectivity index (χ1n) is 6.49. The van der Waals surface area contributed by atoms with E-state index in [1.165, 1.54) is 0 Å². The van der Waals surface area contributed by atoms with Crippen molar-refractivity contribution in [2.75, 3.05) is 17.6 Å². The topological polar surface area (TPSA) is 93.2 Å². The summed E-state index contributed by atoms with van der Waals surface area (Å²) in [7, 11) is 0. The standard InChI is InChI=1S/C14H18N4O2/c15-13-4-3-11(9-12(13)14(19)20)17-5-1-2-7-18-8-6-16-10-18/h3-4,6,8-10,17H,1-2,5,7,15H2,(H,19,20). The van der Waals surface area contributed by atoms with Gasteiger partial charge in [0.25, 0.3) is 0 Å². The van der Waals surface area contributed by atoms with E-state index in [1.54, 1.807) is 30.7 Å². The third-order valence-corrected chi connectivity index (χ3v) is 3.02. The number of carboxylic acids is 1. The molecule has 0 spiro atoms. The van der Waals surface area contributed by atoms with Crippen LogP contribution < -0.4 is 11.1 Å². The van der Waals surface area contributed by atoms with E-state index in [-0.39, 0.29) is 11.3 Å². The number of benzene rings is 1. The second kappa shape index (κ2) is 6.60. The summed E-state index contributed by atoms with van der Waals surface area (Å²) < 4.78 is 2.03. The van der Waals surface area contributed by atoms with Gasteiger partial charge in [-0.3, -0.25) is 0 Å². The Bertz CT molecular complexity index is 567. The molecule has 1 aromatic heterocycles. The Morgan fingerprint density at radius 2 is 2.25 bits per heavy atom. The molecule has 0 radical (unpaired) electrons. The number of carboxylic acid groups (broad SMARTS) is 1. The van der Waals surface area contributed by atoms with E-state index in [9.17, 15) is 4.79 Å². The number of nitrogens with two attached hydrogens (primary N) is 1. The summed E-state index contributed by atoms with van der Waals surface area (Å²) in [5.41, 5.74) is 6.79. The Morgan fingerprint density at radius 1 is 1.40 bits per heavy atom. The molecule has 0 aliphatic heterocycles. The first kappa shape index (κ1) is 13.9. The number of imidazole rings is 1. The van der Waals surface area contributed by atoms with E-state index in [2.05, 4.69) is 10.3 Å². The molecule has 2 aromatic rings. The van der Waals surface area contributed by atoms with E-state index in [0.717, 1.165) is 31.6 Å². The molecular formula is C14H18N4O2. The molecule has 2 rings (SSSR count). The van der Waals surface area contributed by atoms with E-state index < -0.39 is 5.97 Å². The smallest absolute Gasteiger partial charge is 0.337 e. The summed E-state index contributed by atoms with van der Waals surface area (Å²) in [6.45, 7) is 1.72. The molecule has 0 atom stereocenters. The number of aromatic nitrogens is 2. The molecule has 0 unspecified atom stereocenters. The molecule has 4 N–H and O–H groups in total. The Balaban J connectivity index is 1.76. The van der Waals surface area contributed by atoms with Crippen molar-refractivity contribution in [3.05, 3.63) is 42.5 Å². The Labute approximate surface area is 117 Å².